The highest BCUT2D eigenvalue weighted by molar-refractivity contribution is 5.97. The third kappa shape index (κ3) is 2.15. The lowest BCUT2D eigenvalue weighted by Gasteiger charge is -1.97. The number of carbonyl (C=O) groups is 2. The molecule has 1 aromatic heterocycles. The number of rotatable bonds is 3. The highest BCUT2D eigenvalue weighted by Gasteiger charge is 2.15. The standard InChI is InChI=1S/C5H7N5O3/c6-2(11)1-8-5(12)3-4(7)10-13-9-3/h1H2,(H2,6,11)(H2,7,10)(H,8,12). The Morgan fingerprint density at radius 3 is 2.62 bits per heavy atom. The van der Waals surface area contributed by atoms with Crippen molar-refractivity contribution < 1.29 is 14.2 Å². The minimum absolute atomic E-state index is 0.137. The number of nitrogens with one attached hydrogen (secondary N) is 1. The molecular formula is C5H7N5O3. The maximum atomic E-state index is 11.1. The van der Waals surface area contributed by atoms with E-state index < -0.39 is 11.8 Å². The second-order valence-corrected chi connectivity index (χ2v) is 2.15. The van der Waals surface area contributed by atoms with Crippen LogP contribution >= 0.6 is 0 Å². The molecule has 0 saturated heterocycles. The quantitative estimate of drug-likeness (QED) is 0.491. The van der Waals surface area contributed by atoms with Gasteiger partial charge in [-0.3, -0.25) is 9.59 Å². The number of primary amides is 1. The second-order valence-electron chi connectivity index (χ2n) is 2.15. The summed E-state index contributed by atoms with van der Waals surface area (Å²) in [4.78, 5) is 21.3. The fourth-order valence-corrected chi connectivity index (χ4v) is 0.604. The third-order valence-electron chi connectivity index (χ3n) is 1.15. The summed E-state index contributed by atoms with van der Waals surface area (Å²) in [6, 6.07) is 0. The molecule has 1 rings (SSSR count). The lowest BCUT2D eigenvalue weighted by Crippen LogP contribution is -2.33. The van der Waals surface area contributed by atoms with Gasteiger partial charge in [0.25, 0.3) is 5.91 Å². The second kappa shape index (κ2) is 3.52. The van der Waals surface area contributed by atoms with E-state index in [-0.39, 0.29) is 18.1 Å². The van der Waals surface area contributed by atoms with Gasteiger partial charge in [-0.25, -0.2) is 4.63 Å². The summed E-state index contributed by atoms with van der Waals surface area (Å²) in [5.74, 6) is -1.46. The summed E-state index contributed by atoms with van der Waals surface area (Å²) in [6.45, 7) is -0.287. The van der Waals surface area contributed by atoms with Gasteiger partial charge in [0.1, 0.15) is 0 Å². The molecule has 0 atom stereocenters. The highest BCUT2D eigenvalue weighted by Crippen LogP contribution is 2.02. The molecule has 0 aliphatic rings. The molecule has 1 aromatic rings. The first-order valence-electron chi connectivity index (χ1n) is 3.26. The van der Waals surface area contributed by atoms with Gasteiger partial charge in [0, 0.05) is 0 Å². The fraction of sp³-hybridized carbons (Fsp3) is 0.200. The predicted octanol–water partition coefficient (Wildman–Crippen LogP) is -2.13. The number of nitrogen functional groups attached to an aromatic ring is 1. The highest BCUT2D eigenvalue weighted by atomic mass is 16.6. The topological polar surface area (TPSA) is 137 Å². The Morgan fingerprint density at radius 2 is 2.15 bits per heavy atom. The van der Waals surface area contributed by atoms with Gasteiger partial charge in [0.05, 0.1) is 6.54 Å². The number of hydrogen-bond donors (Lipinski definition) is 3. The van der Waals surface area contributed by atoms with Gasteiger partial charge in [-0.1, -0.05) is 0 Å². The van der Waals surface area contributed by atoms with Crippen LogP contribution in [0.15, 0.2) is 4.63 Å². The van der Waals surface area contributed by atoms with Crippen molar-refractivity contribution in [3.63, 3.8) is 0 Å². The Morgan fingerprint density at radius 1 is 1.46 bits per heavy atom. The first kappa shape index (κ1) is 8.97. The number of amides is 2. The molecule has 0 radical (unpaired) electrons. The molecule has 0 aliphatic heterocycles. The average Bonchev–Trinajstić information content (AvgIpc) is 2.47. The van der Waals surface area contributed by atoms with Crippen LogP contribution < -0.4 is 16.8 Å². The van der Waals surface area contributed by atoms with Crippen LogP contribution in [0.25, 0.3) is 0 Å². The Bertz CT molecular complexity index is 333. The number of nitrogens with two attached hydrogens (primary N) is 2. The minimum atomic E-state index is -0.664. The fourth-order valence-electron chi connectivity index (χ4n) is 0.604. The van der Waals surface area contributed by atoms with E-state index >= 15 is 0 Å². The van der Waals surface area contributed by atoms with Crippen molar-refractivity contribution in [2.75, 3.05) is 12.3 Å². The van der Waals surface area contributed by atoms with Crippen molar-refractivity contribution in [1.82, 2.24) is 15.6 Å². The Balaban J connectivity index is 2.59. The smallest absolute Gasteiger partial charge is 0.277 e. The van der Waals surface area contributed by atoms with Crippen LogP contribution in [0.3, 0.4) is 0 Å². The molecule has 0 saturated carbocycles. The molecule has 0 aliphatic carbocycles. The van der Waals surface area contributed by atoms with Crippen molar-refractivity contribution in [3.05, 3.63) is 5.69 Å². The van der Waals surface area contributed by atoms with Crippen molar-refractivity contribution in [2.24, 2.45) is 5.73 Å². The van der Waals surface area contributed by atoms with Crippen LogP contribution in [0.1, 0.15) is 10.5 Å². The normalized spacial score (nSPS) is 9.54. The maximum absolute atomic E-state index is 11.1. The summed E-state index contributed by atoms with van der Waals surface area (Å²) in [5, 5.41) is 8.57. The van der Waals surface area contributed by atoms with E-state index in [2.05, 4.69) is 20.3 Å². The maximum Gasteiger partial charge on any atom is 0.277 e. The summed E-state index contributed by atoms with van der Waals surface area (Å²) in [6.07, 6.45) is 0. The summed E-state index contributed by atoms with van der Waals surface area (Å²) in [7, 11) is 0. The largest absolute Gasteiger partial charge is 0.379 e. The molecule has 2 amide bonds. The zero-order valence-corrected chi connectivity index (χ0v) is 6.48. The molecule has 13 heavy (non-hydrogen) atoms. The minimum Gasteiger partial charge on any atom is -0.379 e. The predicted molar refractivity (Wildman–Crippen MR) is 40.2 cm³/mol. The van der Waals surface area contributed by atoms with Crippen LogP contribution in [0.2, 0.25) is 0 Å². The Hall–Kier alpha value is -2.12. The van der Waals surface area contributed by atoms with E-state index in [0.29, 0.717) is 0 Å². The third-order valence-corrected chi connectivity index (χ3v) is 1.15. The van der Waals surface area contributed by atoms with E-state index in [4.69, 9.17) is 11.5 Å². The molecule has 0 aromatic carbocycles. The average molecular weight is 185 g/mol. The zero-order valence-electron chi connectivity index (χ0n) is 6.48. The van der Waals surface area contributed by atoms with E-state index in [9.17, 15) is 9.59 Å². The van der Waals surface area contributed by atoms with Gasteiger partial charge < -0.3 is 16.8 Å². The lowest BCUT2D eigenvalue weighted by molar-refractivity contribution is -0.117. The first-order chi connectivity index (χ1) is 6.11. The molecule has 8 heteroatoms. The zero-order chi connectivity index (χ0) is 9.84. The van der Waals surface area contributed by atoms with E-state index in [1.165, 1.54) is 0 Å². The molecule has 0 spiro atoms. The van der Waals surface area contributed by atoms with Crippen LogP contribution in [0, 0.1) is 0 Å². The Labute approximate surface area is 72.2 Å². The number of nitrogens with zero attached hydrogens (tertiary/aromatic N) is 2. The van der Waals surface area contributed by atoms with Crippen molar-refractivity contribution in [2.45, 2.75) is 0 Å². The summed E-state index contributed by atoms with van der Waals surface area (Å²) in [5.41, 5.74) is 9.83. The van der Waals surface area contributed by atoms with Gasteiger partial charge in [-0.05, 0) is 10.3 Å². The van der Waals surface area contributed by atoms with Crippen molar-refractivity contribution in [3.8, 4) is 0 Å². The first-order valence-corrected chi connectivity index (χ1v) is 3.26. The van der Waals surface area contributed by atoms with Crippen molar-refractivity contribution >= 4 is 17.6 Å². The van der Waals surface area contributed by atoms with Crippen molar-refractivity contribution in [1.29, 1.82) is 0 Å². The molecule has 8 nitrogen and oxygen atoms in total. The number of anilines is 1. The van der Waals surface area contributed by atoms with Crippen LogP contribution in [0.4, 0.5) is 5.82 Å². The molecule has 1 heterocycles. The molecule has 0 bridgehead atoms. The molecule has 70 valence electrons. The monoisotopic (exact) mass is 185 g/mol. The number of carbonyl (C=O) groups excluding carboxylic acids is 2. The van der Waals surface area contributed by atoms with E-state index in [1.807, 2.05) is 0 Å². The van der Waals surface area contributed by atoms with Crippen LogP contribution in [-0.2, 0) is 4.79 Å². The van der Waals surface area contributed by atoms with Crippen LogP contribution in [-0.4, -0.2) is 28.7 Å². The van der Waals surface area contributed by atoms with E-state index in [1.54, 1.807) is 0 Å². The molecule has 0 fully saturated rings. The van der Waals surface area contributed by atoms with Crippen LogP contribution in [0.5, 0.6) is 0 Å². The van der Waals surface area contributed by atoms with E-state index in [0.717, 1.165) is 0 Å². The van der Waals surface area contributed by atoms with Gasteiger partial charge in [0.2, 0.25) is 17.4 Å². The number of aromatic nitrogens is 2. The van der Waals surface area contributed by atoms with Gasteiger partial charge in [-0.2, -0.15) is 0 Å². The molecule has 5 N–H and O–H groups in total. The molecular weight excluding hydrogens is 178 g/mol. The van der Waals surface area contributed by atoms with Gasteiger partial charge in [-0.15, -0.1) is 0 Å². The summed E-state index contributed by atoms with van der Waals surface area (Å²) < 4.78 is 4.17. The SMILES string of the molecule is NC(=O)CNC(=O)c1nonc1N. The van der Waals surface area contributed by atoms with Gasteiger partial charge >= 0.3 is 0 Å². The number of hydrogen-bond acceptors (Lipinski definition) is 6. The summed E-state index contributed by atoms with van der Waals surface area (Å²) >= 11 is 0. The Kier molecular flexibility index (Phi) is 2.43. The molecule has 0 unspecified atom stereocenters. The lowest BCUT2D eigenvalue weighted by atomic mass is 10.4. The van der Waals surface area contributed by atoms with Gasteiger partial charge in [0.15, 0.2) is 0 Å².